The zero-order chi connectivity index (χ0) is 20.5. The third kappa shape index (κ3) is 3.88. The first-order chi connectivity index (χ1) is 13.1. The maximum Gasteiger partial charge on any atom is 0.418 e. The Kier molecular flexibility index (Phi) is 5.19. The topological polar surface area (TPSA) is 58.2 Å². The van der Waals surface area contributed by atoms with E-state index in [9.17, 15) is 22.8 Å². The van der Waals surface area contributed by atoms with Crippen molar-refractivity contribution < 1.29 is 22.8 Å². The van der Waals surface area contributed by atoms with E-state index in [0.717, 1.165) is 11.6 Å². The summed E-state index contributed by atoms with van der Waals surface area (Å²) in [5.41, 5.74) is -1.10. The monoisotopic (exact) mass is 390 g/mol. The van der Waals surface area contributed by atoms with Gasteiger partial charge < -0.3 is 10.6 Å². The van der Waals surface area contributed by atoms with Crippen molar-refractivity contribution >= 4 is 23.2 Å². The molecule has 4 nitrogen and oxygen atoms in total. The van der Waals surface area contributed by atoms with Gasteiger partial charge in [0.05, 0.1) is 11.3 Å². The van der Waals surface area contributed by atoms with Gasteiger partial charge >= 0.3 is 6.18 Å². The quantitative estimate of drug-likeness (QED) is 0.691. The van der Waals surface area contributed by atoms with E-state index in [1.165, 1.54) is 18.2 Å². The highest BCUT2D eigenvalue weighted by molar-refractivity contribution is 6.17. The number of rotatable bonds is 5. The number of hydrogen-bond acceptors (Lipinski definition) is 2. The van der Waals surface area contributed by atoms with E-state index in [4.69, 9.17) is 0 Å². The standard InChI is InChI=1S/C21H21F3N2O2/c1-13(2)14-7-3-5-9-16(14)25-18(27)20(11-12-20)19(28)26-17-10-6-4-8-15(17)21(22,23)24/h3-10,13H,11-12H2,1-2H3,(H,25,27)(H,26,28). The van der Waals surface area contributed by atoms with E-state index in [2.05, 4.69) is 10.6 Å². The molecular formula is C21H21F3N2O2. The smallest absolute Gasteiger partial charge is 0.325 e. The highest BCUT2D eigenvalue weighted by Gasteiger charge is 2.57. The number of hydrogen-bond donors (Lipinski definition) is 2. The number of alkyl halides is 3. The number of carbonyl (C=O) groups is 2. The van der Waals surface area contributed by atoms with Gasteiger partial charge in [0, 0.05) is 5.69 Å². The average Bonchev–Trinajstić information content (AvgIpc) is 3.43. The molecule has 28 heavy (non-hydrogen) atoms. The molecular weight excluding hydrogens is 369 g/mol. The van der Waals surface area contributed by atoms with Gasteiger partial charge in [-0.3, -0.25) is 9.59 Å². The molecule has 0 radical (unpaired) electrons. The van der Waals surface area contributed by atoms with Crippen molar-refractivity contribution in [2.24, 2.45) is 5.41 Å². The van der Waals surface area contributed by atoms with Crippen LogP contribution in [-0.4, -0.2) is 11.8 Å². The first-order valence-electron chi connectivity index (χ1n) is 9.03. The third-order valence-electron chi connectivity index (χ3n) is 4.93. The first kappa shape index (κ1) is 19.9. The molecule has 1 aliphatic rings. The van der Waals surface area contributed by atoms with Crippen molar-refractivity contribution in [2.75, 3.05) is 10.6 Å². The summed E-state index contributed by atoms with van der Waals surface area (Å²) in [4.78, 5) is 25.5. The van der Waals surface area contributed by atoms with Gasteiger partial charge in [-0.05, 0) is 42.5 Å². The highest BCUT2D eigenvalue weighted by Crippen LogP contribution is 2.48. The summed E-state index contributed by atoms with van der Waals surface area (Å²) in [6.45, 7) is 3.97. The van der Waals surface area contributed by atoms with Crippen LogP contribution in [0.3, 0.4) is 0 Å². The maximum absolute atomic E-state index is 13.1. The number of para-hydroxylation sites is 2. The van der Waals surface area contributed by atoms with Gasteiger partial charge in [0.25, 0.3) is 0 Å². The fraction of sp³-hybridized carbons (Fsp3) is 0.333. The number of amides is 2. The van der Waals surface area contributed by atoms with Crippen molar-refractivity contribution in [3.05, 3.63) is 59.7 Å². The molecule has 0 spiro atoms. The molecule has 0 bridgehead atoms. The molecule has 1 fully saturated rings. The molecule has 148 valence electrons. The predicted molar refractivity (Wildman–Crippen MR) is 101 cm³/mol. The van der Waals surface area contributed by atoms with Gasteiger partial charge in [-0.1, -0.05) is 44.2 Å². The second-order valence-electron chi connectivity index (χ2n) is 7.28. The van der Waals surface area contributed by atoms with Gasteiger partial charge in [-0.2, -0.15) is 13.2 Å². The lowest BCUT2D eigenvalue weighted by molar-refractivity contribution is -0.137. The minimum atomic E-state index is -4.60. The highest BCUT2D eigenvalue weighted by atomic mass is 19.4. The molecule has 7 heteroatoms. The second kappa shape index (κ2) is 7.30. The van der Waals surface area contributed by atoms with Crippen LogP contribution in [0.4, 0.5) is 24.5 Å². The molecule has 0 heterocycles. The Balaban J connectivity index is 1.79. The van der Waals surface area contributed by atoms with E-state index in [1.54, 1.807) is 12.1 Å². The van der Waals surface area contributed by atoms with Crippen molar-refractivity contribution in [3.63, 3.8) is 0 Å². The summed E-state index contributed by atoms with van der Waals surface area (Å²) in [6, 6.07) is 12.0. The van der Waals surface area contributed by atoms with Crippen LogP contribution in [0.2, 0.25) is 0 Å². The predicted octanol–water partition coefficient (Wildman–Crippen LogP) is 5.19. The molecule has 3 rings (SSSR count). The van der Waals surface area contributed by atoms with Crippen molar-refractivity contribution in [1.82, 2.24) is 0 Å². The Morgan fingerprint density at radius 3 is 1.93 bits per heavy atom. The van der Waals surface area contributed by atoms with Crippen LogP contribution in [0.1, 0.15) is 43.7 Å². The number of benzene rings is 2. The summed E-state index contributed by atoms with van der Waals surface area (Å²) < 4.78 is 39.4. The molecule has 0 unspecified atom stereocenters. The van der Waals surface area contributed by atoms with Crippen LogP contribution in [0.25, 0.3) is 0 Å². The molecule has 0 atom stereocenters. The molecule has 2 N–H and O–H groups in total. The summed E-state index contributed by atoms with van der Waals surface area (Å²) in [6.07, 6.45) is -4.01. The van der Waals surface area contributed by atoms with E-state index in [0.29, 0.717) is 18.5 Å². The SMILES string of the molecule is CC(C)c1ccccc1NC(=O)C1(C(=O)Nc2ccccc2C(F)(F)F)CC1. The Labute approximate surface area is 161 Å². The van der Waals surface area contributed by atoms with Crippen molar-refractivity contribution in [3.8, 4) is 0 Å². The number of halogens is 3. The first-order valence-corrected chi connectivity index (χ1v) is 9.03. The average molecular weight is 390 g/mol. The number of nitrogens with one attached hydrogen (secondary N) is 2. The molecule has 2 aromatic rings. The minimum absolute atomic E-state index is 0.166. The summed E-state index contributed by atoms with van der Waals surface area (Å²) >= 11 is 0. The van der Waals surface area contributed by atoms with Crippen LogP contribution < -0.4 is 10.6 Å². The van der Waals surface area contributed by atoms with Gasteiger partial charge in [0.2, 0.25) is 11.8 Å². The van der Waals surface area contributed by atoms with Gasteiger partial charge in [0.15, 0.2) is 0 Å². The summed E-state index contributed by atoms with van der Waals surface area (Å²) in [5, 5.41) is 5.09. The fourth-order valence-electron chi connectivity index (χ4n) is 3.12. The van der Waals surface area contributed by atoms with Crippen LogP contribution in [0.5, 0.6) is 0 Å². The number of carbonyl (C=O) groups excluding carboxylic acids is 2. The zero-order valence-electron chi connectivity index (χ0n) is 15.6. The molecule has 1 saturated carbocycles. The van der Waals surface area contributed by atoms with Gasteiger partial charge in [-0.15, -0.1) is 0 Å². The molecule has 2 amide bonds. The van der Waals surface area contributed by atoms with Crippen LogP contribution in [-0.2, 0) is 15.8 Å². The lowest BCUT2D eigenvalue weighted by atomic mass is 9.99. The molecule has 1 aliphatic carbocycles. The minimum Gasteiger partial charge on any atom is -0.325 e. The Morgan fingerprint density at radius 1 is 0.893 bits per heavy atom. The largest absolute Gasteiger partial charge is 0.418 e. The summed E-state index contributed by atoms with van der Waals surface area (Å²) in [7, 11) is 0. The fourth-order valence-corrected chi connectivity index (χ4v) is 3.12. The van der Waals surface area contributed by atoms with E-state index < -0.39 is 29.0 Å². The lowest BCUT2D eigenvalue weighted by Gasteiger charge is -2.19. The van der Waals surface area contributed by atoms with Crippen LogP contribution >= 0.6 is 0 Å². The van der Waals surface area contributed by atoms with Gasteiger partial charge in [-0.25, -0.2) is 0 Å². The van der Waals surface area contributed by atoms with E-state index in [1.807, 2.05) is 26.0 Å². The molecule has 0 aliphatic heterocycles. The number of anilines is 2. The van der Waals surface area contributed by atoms with Crippen molar-refractivity contribution in [1.29, 1.82) is 0 Å². The van der Waals surface area contributed by atoms with Crippen LogP contribution in [0.15, 0.2) is 48.5 Å². The lowest BCUT2D eigenvalue weighted by Crippen LogP contribution is -2.36. The molecule has 0 aromatic heterocycles. The van der Waals surface area contributed by atoms with Gasteiger partial charge in [0.1, 0.15) is 5.41 Å². The maximum atomic E-state index is 13.1. The Hall–Kier alpha value is -2.83. The van der Waals surface area contributed by atoms with Crippen molar-refractivity contribution in [2.45, 2.75) is 38.8 Å². The third-order valence-corrected chi connectivity index (χ3v) is 4.93. The second-order valence-corrected chi connectivity index (χ2v) is 7.28. The van der Waals surface area contributed by atoms with E-state index in [-0.39, 0.29) is 11.6 Å². The molecule has 2 aromatic carbocycles. The Bertz CT molecular complexity index is 903. The normalized spacial score (nSPS) is 15.2. The Morgan fingerprint density at radius 2 is 1.39 bits per heavy atom. The van der Waals surface area contributed by atoms with E-state index >= 15 is 0 Å². The molecule has 0 saturated heterocycles. The summed E-state index contributed by atoms with van der Waals surface area (Å²) in [5.74, 6) is -1.05. The van der Waals surface area contributed by atoms with Crippen LogP contribution in [0, 0.1) is 5.41 Å². The zero-order valence-corrected chi connectivity index (χ0v) is 15.6.